The fourth-order valence-electron chi connectivity index (χ4n) is 8.39. The monoisotopic (exact) mass is 703 g/mol. The number of para-hydroxylation sites is 1. The number of hydrogen-bond acceptors (Lipinski definition) is 2. The van der Waals surface area contributed by atoms with E-state index in [2.05, 4.69) is 205 Å². The molecule has 0 bridgehead atoms. The Kier molecular flexibility index (Phi) is 7.11. The van der Waals surface area contributed by atoms with Crippen LogP contribution in [0.2, 0.25) is 0 Å². The Bertz CT molecular complexity index is 3220. The molecule has 0 atom stereocenters. The zero-order chi connectivity index (χ0) is 35.6. The Balaban J connectivity index is 1.09. The van der Waals surface area contributed by atoms with Gasteiger partial charge in [0.15, 0.2) is 0 Å². The normalized spacial score (nSPS) is 11.7. The van der Waals surface area contributed by atoms with Crippen molar-refractivity contribution in [3.63, 3.8) is 0 Å². The van der Waals surface area contributed by atoms with E-state index in [1.807, 2.05) is 11.3 Å². The number of thiophene rings is 1. The van der Waals surface area contributed by atoms with Gasteiger partial charge in [-0.05, 0) is 102 Å². The molecule has 11 rings (SSSR count). The first-order chi connectivity index (χ1) is 26.8. The van der Waals surface area contributed by atoms with Gasteiger partial charge < -0.3 is 4.90 Å². The van der Waals surface area contributed by atoms with Crippen molar-refractivity contribution in [1.82, 2.24) is 0 Å². The van der Waals surface area contributed by atoms with Crippen LogP contribution in [0, 0.1) is 0 Å². The molecule has 11 aromatic rings. The van der Waals surface area contributed by atoms with Gasteiger partial charge in [0.1, 0.15) is 0 Å². The maximum Gasteiger partial charge on any atom is 0.0640 e. The predicted octanol–water partition coefficient (Wildman–Crippen LogP) is 15.5. The predicted molar refractivity (Wildman–Crippen MR) is 235 cm³/mol. The van der Waals surface area contributed by atoms with E-state index in [1.165, 1.54) is 91.2 Å². The van der Waals surface area contributed by atoms with Crippen molar-refractivity contribution < 1.29 is 0 Å². The van der Waals surface area contributed by atoms with Crippen LogP contribution in [-0.2, 0) is 0 Å². The molecule has 0 saturated heterocycles. The number of benzene rings is 10. The zero-order valence-electron chi connectivity index (χ0n) is 29.4. The van der Waals surface area contributed by atoms with Gasteiger partial charge in [-0.3, -0.25) is 0 Å². The van der Waals surface area contributed by atoms with Crippen LogP contribution in [0.3, 0.4) is 0 Å². The third-order valence-corrected chi connectivity index (χ3v) is 12.2. The van der Waals surface area contributed by atoms with E-state index in [-0.39, 0.29) is 0 Å². The van der Waals surface area contributed by atoms with Crippen molar-refractivity contribution in [3.05, 3.63) is 200 Å². The van der Waals surface area contributed by atoms with Crippen LogP contribution in [0.4, 0.5) is 17.1 Å². The molecule has 0 saturated carbocycles. The SMILES string of the molecule is c1ccc(N(c2ccc(-c3ccc4ccc5ccc6ccccc6c5c4c3)cc2)c2cccc3c2sc2ccccc23)c(-c2ccc3ccccc3c2)c1. The highest BCUT2D eigenvalue weighted by Gasteiger charge is 2.21. The Morgan fingerprint density at radius 2 is 0.926 bits per heavy atom. The van der Waals surface area contributed by atoms with Crippen LogP contribution < -0.4 is 4.90 Å². The largest absolute Gasteiger partial charge is 0.308 e. The summed E-state index contributed by atoms with van der Waals surface area (Å²) in [6, 6.07) is 73.6. The van der Waals surface area contributed by atoms with Crippen molar-refractivity contribution in [3.8, 4) is 22.3 Å². The standard InChI is InChI=1S/C52H33NS/c1-2-12-39-32-41(27-20-34(39)10-1)43-13-5-7-17-48(43)53(49-18-9-16-46-45-15-6-8-19-50(45)54-52(46)49)42-30-28-35(29-31-42)40-26-23-37-22-25-38-24-21-36-11-3-4-14-44(36)51(38)47(37)33-40/h1-33H. The van der Waals surface area contributed by atoms with Gasteiger partial charge in [0.25, 0.3) is 0 Å². The smallest absolute Gasteiger partial charge is 0.0640 e. The molecule has 1 aromatic heterocycles. The van der Waals surface area contributed by atoms with E-state index < -0.39 is 0 Å². The summed E-state index contributed by atoms with van der Waals surface area (Å²) in [5.74, 6) is 0. The molecule has 252 valence electrons. The summed E-state index contributed by atoms with van der Waals surface area (Å²) in [7, 11) is 0. The summed E-state index contributed by atoms with van der Waals surface area (Å²) in [6.07, 6.45) is 0. The summed E-state index contributed by atoms with van der Waals surface area (Å²) in [5.41, 5.74) is 8.25. The van der Waals surface area contributed by atoms with Gasteiger partial charge in [-0.15, -0.1) is 11.3 Å². The average Bonchev–Trinajstić information content (AvgIpc) is 3.63. The van der Waals surface area contributed by atoms with Gasteiger partial charge in [-0.1, -0.05) is 158 Å². The summed E-state index contributed by atoms with van der Waals surface area (Å²) in [6.45, 7) is 0. The molecule has 0 aliphatic carbocycles. The van der Waals surface area contributed by atoms with E-state index in [0.29, 0.717) is 0 Å². The topological polar surface area (TPSA) is 3.24 Å². The number of fused-ring (bicyclic) bond motifs is 9. The fraction of sp³-hybridized carbons (Fsp3) is 0. The molecule has 2 heteroatoms. The second-order valence-corrected chi connectivity index (χ2v) is 15.2. The van der Waals surface area contributed by atoms with Gasteiger partial charge in [0.2, 0.25) is 0 Å². The molecule has 0 aliphatic rings. The molecule has 0 amide bonds. The third kappa shape index (κ3) is 4.99. The lowest BCUT2D eigenvalue weighted by molar-refractivity contribution is 1.30. The molecule has 0 aliphatic heterocycles. The van der Waals surface area contributed by atoms with E-state index in [1.54, 1.807) is 0 Å². The van der Waals surface area contributed by atoms with Crippen LogP contribution in [0.25, 0.3) is 85.5 Å². The van der Waals surface area contributed by atoms with E-state index in [0.717, 1.165) is 11.4 Å². The highest BCUT2D eigenvalue weighted by Crippen LogP contribution is 2.47. The molecule has 0 unspecified atom stereocenters. The minimum absolute atomic E-state index is 1.12. The number of rotatable bonds is 5. The Hall–Kier alpha value is -6.74. The van der Waals surface area contributed by atoms with Crippen LogP contribution in [0.5, 0.6) is 0 Å². The minimum atomic E-state index is 1.12. The molecule has 0 radical (unpaired) electrons. The highest BCUT2D eigenvalue weighted by atomic mass is 32.1. The lowest BCUT2D eigenvalue weighted by Gasteiger charge is -2.28. The fourth-order valence-corrected chi connectivity index (χ4v) is 9.60. The molecule has 0 spiro atoms. The highest BCUT2D eigenvalue weighted by molar-refractivity contribution is 7.26. The summed E-state index contributed by atoms with van der Waals surface area (Å²) in [5, 5.41) is 12.8. The van der Waals surface area contributed by atoms with Gasteiger partial charge >= 0.3 is 0 Å². The molecule has 54 heavy (non-hydrogen) atoms. The first-order valence-electron chi connectivity index (χ1n) is 18.5. The molecular formula is C52H33NS. The van der Waals surface area contributed by atoms with Crippen molar-refractivity contribution in [2.45, 2.75) is 0 Å². The lowest BCUT2D eigenvalue weighted by Crippen LogP contribution is -2.11. The van der Waals surface area contributed by atoms with Crippen molar-refractivity contribution in [1.29, 1.82) is 0 Å². The molecule has 10 aromatic carbocycles. The number of nitrogens with zero attached hydrogens (tertiary/aromatic N) is 1. The zero-order valence-corrected chi connectivity index (χ0v) is 30.2. The molecule has 1 nitrogen and oxygen atoms in total. The van der Waals surface area contributed by atoms with Crippen molar-refractivity contribution in [2.75, 3.05) is 4.90 Å². The molecule has 0 fully saturated rings. The Labute approximate surface area is 317 Å². The lowest BCUT2D eigenvalue weighted by atomic mass is 9.94. The first kappa shape index (κ1) is 30.8. The van der Waals surface area contributed by atoms with Crippen LogP contribution >= 0.6 is 11.3 Å². The second-order valence-electron chi connectivity index (χ2n) is 14.1. The summed E-state index contributed by atoms with van der Waals surface area (Å²) >= 11 is 1.87. The quantitative estimate of drug-likeness (QED) is 0.161. The second kappa shape index (κ2) is 12.4. The molecule has 0 N–H and O–H groups in total. The van der Waals surface area contributed by atoms with Crippen LogP contribution in [0.15, 0.2) is 200 Å². The maximum absolute atomic E-state index is 2.46. The van der Waals surface area contributed by atoms with Gasteiger partial charge in [-0.25, -0.2) is 0 Å². The van der Waals surface area contributed by atoms with Crippen LogP contribution in [0.1, 0.15) is 0 Å². The number of anilines is 3. The summed E-state index contributed by atoms with van der Waals surface area (Å²) < 4.78 is 2.58. The summed E-state index contributed by atoms with van der Waals surface area (Å²) in [4.78, 5) is 2.46. The van der Waals surface area contributed by atoms with Gasteiger partial charge in [0, 0.05) is 26.7 Å². The minimum Gasteiger partial charge on any atom is -0.308 e. The average molecular weight is 704 g/mol. The van der Waals surface area contributed by atoms with E-state index in [9.17, 15) is 0 Å². The molecular weight excluding hydrogens is 671 g/mol. The number of hydrogen-bond donors (Lipinski definition) is 0. The first-order valence-corrected chi connectivity index (χ1v) is 19.3. The van der Waals surface area contributed by atoms with Gasteiger partial charge in [0.05, 0.1) is 16.1 Å². The van der Waals surface area contributed by atoms with Crippen LogP contribution in [-0.4, -0.2) is 0 Å². The van der Waals surface area contributed by atoms with E-state index in [4.69, 9.17) is 0 Å². The third-order valence-electron chi connectivity index (χ3n) is 11.0. The maximum atomic E-state index is 2.46. The Morgan fingerprint density at radius 3 is 1.80 bits per heavy atom. The molecule has 1 heterocycles. The van der Waals surface area contributed by atoms with Crippen molar-refractivity contribution >= 4 is 91.7 Å². The van der Waals surface area contributed by atoms with E-state index >= 15 is 0 Å². The Morgan fingerprint density at radius 1 is 0.333 bits per heavy atom. The van der Waals surface area contributed by atoms with Crippen molar-refractivity contribution in [2.24, 2.45) is 0 Å². The van der Waals surface area contributed by atoms with Gasteiger partial charge in [-0.2, -0.15) is 0 Å².